The lowest BCUT2D eigenvalue weighted by Crippen LogP contribution is -2.29. The molecule has 0 saturated heterocycles. The molecule has 0 aliphatic rings. The number of nitrogens with two attached hydrogens (primary N) is 1. The van der Waals surface area contributed by atoms with Gasteiger partial charge in [0.1, 0.15) is 12.7 Å². The molecule has 0 fully saturated rings. The Labute approximate surface area is 115 Å². The van der Waals surface area contributed by atoms with Gasteiger partial charge in [0.05, 0.1) is 0 Å². The van der Waals surface area contributed by atoms with Gasteiger partial charge in [-0.2, -0.15) is 0 Å². The number of nitrogens with one attached hydrogen (secondary N) is 1. The first-order valence-corrected chi connectivity index (χ1v) is 5.96. The van der Waals surface area contributed by atoms with E-state index in [1.54, 1.807) is 31.2 Å². The third kappa shape index (κ3) is 6.52. The maximum absolute atomic E-state index is 11.3. The second-order valence-electron chi connectivity index (χ2n) is 3.83. The summed E-state index contributed by atoms with van der Waals surface area (Å²) in [4.78, 5) is 21.8. The van der Waals surface area contributed by atoms with E-state index in [0.717, 1.165) is 5.56 Å². The van der Waals surface area contributed by atoms with Crippen LogP contribution in [0, 0.1) is 0 Å². The maximum Gasteiger partial charge on any atom is 0.407 e. The number of primary amides is 1. The number of benzene rings is 1. The molecule has 1 atom stereocenters. The van der Waals surface area contributed by atoms with Crippen LogP contribution in [-0.2, 0) is 16.0 Å². The summed E-state index contributed by atoms with van der Waals surface area (Å²) in [6.45, 7) is 1.83. The van der Waals surface area contributed by atoms with Gasteiger partial charge in [0.25, 0.3) is 0 Å². The molecule has 0 spiro atoms. The van der Waals surface area contributed by atoms with Crippen LogP contribution in [-0.4, -0.2) is 24.9 Å². The van der Waals surface area contributed by atoms with Crippen molar-refractivity contribution in [2.45, 2.75) is 19.6 Å². The Morgan fingerprint density at radius 2 is 2.00 bits per heavy atom. The lowest BCUT2D eigenvalue weighted by molar-refractivity contribution is 0.0576. The number of hydrogen-bond acceptors (Lipinski definition) is 4. The van der Waals surface area contributed by atoms with Gasteiger partial charge >= 0.3 is 12.2 Å². The van der Waals surface area contributed by atoms with Gasteiger partial charge in [-0.05, 0) is 24.6 Å². The molecule has 3 N–H and O–H groups in total. The molecule has 0 aliphatic carbocycles. The van der Waals surface area contributed by atoms with Gasteiger partial charge in [-0.1, -0.05) is 23.7 Å². The van der Waals surface area contributed by atoms with E-state index in [1.165, 1.54) is 0 Å². The summed E-state index contributed by atoms with van der Waals surface area (Å²) < 4.78 is 9.44. The molecule has 104 valence electrons. The third-order valence-corrected chi connectivity index (χ3v) is 2.37. The van der Waals surface area contributed by atoms with Gasteiger partial charge < -0.3 is 20.5 Å². The molecule has 0 aromatic heterocycles. The molecule has 1 aromatic carbocycles. The van der Waals surface area contributed by atoms with Gasteiger partial charge in [-0.3, -0.25) is 0 Å². The molecule has 0 radical (unpaired) electrons. The summed E-state index contributed by atoms with van der Waals surface area (Å²) in [6.07, 6.45) is -2.09. The second kappa shape index (κ2) is 7.48. The van der Waals surface area contributed by atoms with Gasteiger partial charge in [0.2, 0.25) is 0 Å². The minimum atomic E-state index is -0.905. The highest BCUT2D eigenvalue weighted by Gasteiger charge is 2.09. The van der Waals surface area contributed by atoms with Crippen LogP contribution < -0.4 is 11.1 Å². The van der Waals surface area contributed by atoms with Crippen LogP contribution in [0.1, 0.15) is 12.5 Å². The quantitative estimate of drug-likeness (QED) is 0.866. The Balaban J connectivity index is 2.24. The molecule has 7 heteroatoms. The largest absolute Gasteiger partial charge is 0.446 e. The standard InChI is InChI=1S/C12H15ClN2O4/c1-8(19-11(14)16)7-18-12(17)15-6-9-2-4-10(13)5-3-9/h2-5,8H,6-7H2,1H3,(H2,14,16)(H,15,17)/t8-/m1/s1. The van der Waals surface area contributed by atoms with E-state index < -0.39 is 18.3 Å². The molecule has 1 aromatic rings. The average molecular weight is 287 g/mol. The Bertz CT molecular complexity index is 436. The summed E-state index contributed by atoms with van der Waals surface area (Å²) in [6, 6.07) is 7.04. The summed E-state index contributed by atoms with van der Waals surface area (Å²) in [7, 11) is 0. The number of hydrogen-bond donors (Lipinski definition) is 2. The highest BCUT2D eigenvalue weighted by Crippen LogP contribution is 2.09. The minimum Gasteiger partial charge on any atom is -0.446 e. The first-order chi connectivity index (χ1) is 8.97. The molecule has 0 bridgehead atoms. The summed E-state index contributed by atoms with van der Waals surface area (Å²) in [5.74, 6) is 0. The number of ether oxygens (including phenoxy) is 2. The average Bonchev–Trinajstić information content (AvgIpc) is 2.35. The smallest absolute Gasteiger partial charge is 0.407 e. The van der Waals surface area contributed by atoms with Crippen molar-refractivity contribution in [3.8, 4) is 0 Å². The fourth-order valence-corrected chi connectivity index (χ4v) is 1.38. The number of rotatable bonds is 5. The molecule has 0 heterocycles. The number of halogens is 1. The van der Waals surface area contributed by atoms with Crippen LogP contribution in [0.15, 0.2) is 24.3 Å². The SMILES string of the molecule is C[C@H](COC(=O)NCc1ccc(Cl)cc1)OC(N)=O. The molecule has 0 unspecified atom stereocenters. The molecule has 6 nitrogen and oxygen atoms in total. The zero-order valence-corrected chi connectivity index (χ0v) is 11.1. The normalized spacial score (nSPS) is 11.5. The van der Waals surface area contributed by atoms with E-state index in [2.05, 4.69) is 10.1 Å². The number of alkyl carbamates (subject to hydrolysis) is 1. The van der Waals surface area contributed by atoms with E-state index >= 15 is 0 Å². The Hall–Kier alpha value is -1.95. The van der Waals surface area contributed by atoms with Crippen molar-refractivity contribution in [2.75, 3.05) is 6.61 Å². The fourth-order valence-electron chi connectivity index (χ4n) is 1.25. The number of carbonyl (C=O) groups is 2. The Kier molecular flexibility index (Phi) is 5.95. The van der Waals surface area contributed by atoms with Gasteiger partial charge in [0.15, 0.2) is 0 Å². The van der Waals surface area contributed by atoms with Crippen molar-refractivity contribution < 1.29 is 19.1 Å². The maximum atomic E-state index is 11.3. The number of amides is 2. The highest BCUT2D eigenvalue weighted by atomic mass is 35.5. The van der Waals surface area contributed by atoms with Crippen LogP contribution in [0.5, 0.6) is 0 Å². The molecule has 0 aliphatic heterocycles. The second-order valence-corrected chi connectivity index (χ2v) is 4.26. The van der Waals surface area contributed by atoms with Crippen molar-refractivity contribution in [1.82, 2.24) is 5.32 Å². The Morgan fingerprint density at radius 1 is 1.37 bits per heavy atom. The Morgan fingerprint density at radius 3 is 2.58 bits per heavy atom. The topological polar surface area (TPSA) is 90.7 Å². The van der Waals surface area contributed by atoms with Crippen LogP contribution in [0.25, 0.3) is 0 Å². The van der Waals surface area contributed by atoms with Crippen LogP contribution >= 0.6 is 11.6 Å². The molecule has 2 amide bonds. The van der Waals surface area contributed by atoms with Crippen LogP contribution in [0.2, 0.25) is 5.02 Å². The summed E-state index contributed by atoms with van der Waals surface area (Å²) >= 11 is 5.74. The predicted octanol–water partition coefficient (Wildman–Crippen LogP) is 2.05. The predicted molar refractivity (Wildman–Crippen MR) is 69.8 cm³/mol. The molecular weight excluding hydrogens is 272 g/mol. The number of carbonyl (C=O) groups excluding carboxylic acids is 2. The zero-order valence-electron chi connectivity index (χ0n) is 10.4. The van der Waals surface area contributed by atoms with Crippen LogP contribution in [0.4, 0.5) is 9.59 Å². The van der Waals surface area contributed by atoms with Gasteiger partial charge in [-0.25, -0.2) is 9.59 Å². The van der Waals surface area contributed by atoms with E-state index in [9.17, 15) is 9.59 Å². The van der Waals surface area contributed by atoms with Crippen molar-refractivity contribution in [3.63, 3.8) is 0 Å². The van der Waals surface area contributed by atoms with Gasteiger partial charge in [0, 0.05) is 11.6 Å². The minimum absolute atomic E-state index is 0.0601. The molecule has 0 saturated carbocycles. The third-order valence-electron chi connectivity index (χ3n) is 2.12. The first-order valence-electron chi connectivity index (χ1n) is 5.58. The van der Waals surface area contributed by atoms with Crippen molar-refractivity contribution in [2.24, 2.45) is 5.73 Å². The van der Waals surface area contributed by atoms with E-state index in [0.29, 0.717) is 11.6 Å². The lowest BCUT2D eigenvalue weighted by atomic mass is 10.2. The highest BCUT2D eigenvalue weighted by molar-refractivity contribution is 6.30. The van der Waals surface area contributed by atoms with E-state index in [1.807, 2.05) is 0 Å². The summed E-state index contributed by atoms with van der Waals surface area (Å²) in [5, 5.41) is 3.18. The van der Waals surface area contributed by atoms with E-state index in [4.69, 9.17) is 22.1 Å². The molecule has 1 rings (SSSR count). The van der Waals surface area contributed by atoms with Crippen molar-refractivity contribution >= 4 is 23.8 Å². The molecular formula is C12H15ClN2O4. The van der Waals surface area contributed by atoms with E-state index in [-0.39, 0.29) is 6.61 Å². The van der Waals surface area contributed by atoms with Gasteiger partial charge in [-0.15, -0.1) is 0 Å². The van der Waals surface area contributed by atoms with Crippen molar-refractivity contribution in [3.05, 3.63) is 34.9 Å². The fraction of sp³-hybridized carbons (Fsp3) is 0.333. The van der Waals surface area contributed by atoms with Crippen molar-refractivity contribution in [1.29, 1.82) is 0 Å². The summed E-state index contributed by atoms with van der Waals surface area (Å²) in [5.41, 5.74) is 5.71. The molecule has 19 heavy (non-hydrogen) atoms. The first kappa shape index (κ1) is 15.1. The lowest BCUT2D eigenvalue weighted by Gasteiger charge is -2.12. The monoisotopic (exact) mass is 286 g/mol. The zero-order chi connectivity index (χ0) is 14.3. The van der Waals surface area contributed by atoms with Crippen LogP contribution in [0.3, 0.4) is 0 Å².